The Bertz CT molecular complexity index is 671. The van der Waals surface area contributed by atoms with Crippen LogP contribution in [0, 0.1) is 0 Å². The van der Waals surface area contributed by atoms with Gasteiger partial charge in [-0.05, 0) is 23.3 Å². The number of alkyl carbamates (subject to hydrolysis) is 1. The van der Waals surface area contributed by atoms with Crippen molar-refractivity contribution in [2.75, 3.05) is 13.7 Å². The van der Waals surface area contributed by atoms with Crippen LogP contribution in [0.5, 0.6) is 5.75 Å². The van der Waals surface area contributed by atoms with Crippen LogP contribution in [0.3, 0.4) is 0 Å². The fraction of sp³-hybridized carbons (Fsp3) is 0.167. The molecule has 1 N–H and O–H groups in total. The van der Waals surface area contributed by atoms with E-state index in [1.54, 1.807) is 19.2 Å². The Labute approximate surface area is 140 Å². The van der Waals surface area contributed by atoms with Crippen molar-refractivity contribution in [1.82, 2.24) is 5.32 Å². The van der Waals surface area contributed by atoms with E-state index in [1.165, 1.54) is 0 Å². The van der Waals surface area contributed by atoms with Gasteiger partial charge in [0.05, 0.1) is 12.1 Å². The Balaban J connectivity index is 1.73. The zero-order chi connectivity index (χ0) is 16.5. The summed E-state index contributed by atoms with van der Waals surface area (Å²) < 4.78 is 10.2. The van der Waals surface area contributed by atoms with Gasteiger partial charge < -0.3 is 14.8 Å². The lowest BCUT2D eigenvalue weighted by molar-refractivity contribution is 0.141. The number of hydrogen-bond acceptors (Lipinski definition) is 3. The van der Waals surface area contributed by atoms with Gasteiger partial charge in [0.25, 0.3) is 0 Å². The lowest BCUT2D eigenvalue weighted by atomic mass is 10.2. The van der Waals surface area contributed by atoms with E-state index in [0.29, 0.717) is 17.3 Å². The van der Waals surface area contributed by atoms with E-state index in [9.17, 15) is 4.79 Å². The number of nitrogens with one attached hydrogen (secondary N) is 1. The highest BCUT2D eigenvalue weighted by Gasteiger charge is 2.01. The topological polar surface area (TPSA) is 47.6 Å². The molecular weight excluding hydrogens is 314 g/mol. The molecule has 0 saturated carbocycles. The molecule has 0 aliphatic rings. The van der Waals surface area contributed by atoms with Crippen molar-refractivity contribution in [3.05, 3.63) is 70.8 Å². The van der Waals surface area contributed by atoms with Gasteiger partial charge in [0, 0.05) is 6.54 Å². The average molecular weight is 332 g/mol. The fourth-order valence-electron chi connectivity index (χ4n) is 1.90. The third kappa shape index (κ3) is 5.68. The molecule has 0 fully saturated rings. The molecule has 4 nitrogen and oxygen atoms in total. The van der Waals surface area contributed by atoms with Crippen molar-refractivity contribution in [3.63, 3.8) is 0 Å². The molecule has 0 aliphatic heterocycles. The Kier molecular flexibility index (Phi) is 6.51. The largest absolute Gasteiger partial charge is 0.495 e. The average Bonchev–Trinajstić information content (AvgIpc) is 2.58. The zero-order valence-electron chi connectivity index (χ0n) is 12.8. The van der Waals surface area contributed by atoms with Gasteiger partial charge in [0.15, 0.2) is 0 Å². The maximum atomic E-state index is 11.6. The van der Waals surface area contributed by atoms with Gasteiger partial charge in [0.2, 0.25) is 0 Å². The third-order valence-electron chi connectivity index (χ3n) is 3.06. The maximum absolute atomic E-state index is 11.6. The van der Waals surface area contributed by atoms with Crippen molar-refractivity contribution in [3.8, 4) is 5.75 Å². The number of ether oxygens (including phenoxy) is 2. The number of carbonyl (C=O) groups is 1. The van der Waals surface area contributed by atoms with E-state index in [4.69, 9.17) is 21.1 Å². The van der Waals surface area contributed by atoms with Crippen LogP contribution in [0.1, 0.15) is 11.1 Å². The summed E-state index contributed by atoms with van der Waals surface area (Å²) in [4.78, 5) is 11.6. The normalized spacial score (nSPS) is 10.5. The number of halogens is 1. The van der Waals surface area contributed by atoms with Gasteiger partial charge in [-0.3, -0.25) is 0 Å². The minimum atomic E-state index is -0.453. The molecule has 120 valence electrons. The van der Waals surface area contributed by atoms with Crippen molar-refractivity contribution in [2.45, 2.75) is 6.61 Å². The molecule has 2 rings (SSSR count). The van der Waals surface area contributed by atoms with Crippen LogP contribution in [-0.4, -0.2) is 19.7 Å². The smallest absolute Gasteiger partial charge is 0.407 e. The molecule has 0 aliphatic carbocycles. The summed E-state index contributed by atoms with van der Waals surface area (Å²) in [5, 5.41) is 3.20. The van der Waals surface area contributed by atoms with Crippen molar-refractivity contribution in [2.24, 2.45) is 0 Å². The number of carbonyl (C=O) groups excluding carboxylic acids is 1. The standard InChI is InChI=1S/C18H18ClNO3/c1-22-17-10-9-14(12-16(17)19)8-5-11-20-18(21)23-13-15-6-3-2-4-7-15/h2-10,12H,11,13H2,1H3,(H,20,21). The van der Waals surface area contributed by atoms with E-state index in [2.05, 4.69) is 5.32 Å². The van der Waals surface area contributed by atoms with Crippen molar-refractivity contribution >= 4 is 23.8 Å². The monoisotopic (exact) mass is 331 g/mol. The Morgan fingerprint density at radius 3 is 2.70 bits per heavy atom. The first-order valence-electron chi connectivity index (χ1n) is 7.13. The molecule has 0 heterocycles. The highest BCUT2D eigenvalue weighted by molar-refractivity contribution is 6.32. The number of amides is 1. The zero-order valence-corrected chi connectivity index (χ0v) is 13.5. The Morgan fingerprint density at radius 1 is 1.22 bits per heavy atom. The minimum Gasteiger partial charge on any atom is -0.495 e. The second-order valence-electron chi connectivity index (χ2n) is 4.74. The SMILES string of the molecule is COc1ccc(C=CCNC(=O)OCc2ccccc2)cc1Cl. The van der Waals surface area contributed by atoms with Crippen molar-refractivity contribution in [1.29, 1.82) is 0 Å². The predicted molar refractivity (Wildman–Crippen MR) is 91.7 cm³/mol. The molecule has 1 amide bonds. The molecule has 0 saturated heterocycles. The van der Waals surface area contributed by atoms with Gasteiger partial charge in [-0.2, -0.15) is 0 Å². The summed E-state index contributed by atoms with van der Waals surface area (Å²) in [7, 11) is 1.57. The summed E-state index contributed by atoms with van der Waals surface area (Å²) in [6.45, 7) is 0.627. The van der Waals surface area contributed by atoms with Crippen LogP contribution in [0.25, 0.3) is 6.08 Å². The van der Waals surface area contributed by atoms with Gasteiger partial charge >= 0.3 is 6.09 Å². The quantitative estimate of drug-likeness (QED) is 0.859. The van der Waals surface area contributed by atoms with Gasteiger partial charge in [-0.25, -0.2) is 4.79 Å². The summed E-state index contributed by atoms with van der Waals surface area (Å²) in [6.07, 6.45) is 3.23. The first-order valence-corrected chi connectivity index (χ1v) is 7.51. The van der Waals surface area contributed by atoms with Gasteiger partial charge in [-0.1, -0.05) is 60.2 Å². The molecule has 2 aromatic carbocycles. The predicted octanol–water partition coefficient (Wildman–Crippen LogP) is 4.29. The molecule has 0 atom stereocenters. The molecule has 0 unspecified atom stereocenters. The van der Waals surface area contributed by atoms with E-state index in [1.807, 2.05) is 48.6 Å². The molecule has 0 aromatic heterocycles. The molecule has 23 heavy (non-hydrogen) atoms. The second kappa shape index (κ2) is 8.86. The van der Waals surface area contributed by atoms with Crippen LogP contribution in [0.2, 0.25) is 5.02 Å². The summed E-state index contributed by atoms with van der Waals surface area (Å²) in [6, 6.07) is 15.0. The highest BCUT2D eigenvalue weighted by Crippen LogP contribution is 2.25. The maximum Gasteiger partial charge on any atom is 0.407 e. The van der Waals surface area contributed by atoms with Crippen LogP contribution in [-0.2, 0) is 11.3 Å². The number of methoxy groups -OCH3 is 1. The van der Waals surface area contributed by atoms with Crippen LogP contribution < -0.4 is 10.1 Å². The summed E-state index contributed by atoms with van der Waals surface area (Å²) in [5.74, 6) is 0.631. The minimum absolute atomic E-state index is 0.254. The first kappa shape index (κ1) is 16.9. The molecule has 5 heteroatoms. The lowest BCUT2D eigenvalue weighted by Gasteiger charge is -2.05. The number of benzene rings is 2. The van der Waals surface area contributed by atoms with E-state index < -0.39 is 6.09 Å². The van der Waals surface area contributed by atoms with Crippen LogP contribution in [0.4, 0.5) is 4.79 Å². The van der Waals surface area contributed by atoms with E-state index >= 15 is 0 Å². The van der Waals surface area contributed by atoms with Crippen LogP contribution >= 0.6 is 11.6 Å². The number of rotatable bonds is 6. The molecular formula is C18H18ClNO3. The Hall–Kier alpha value is -2.46. The highest BCUT2D eigenvalue weighted by atomic mass is 35.5. The first-order chi connectivity index (χ1) is 11.2. The number of hydrogen-bond donors (Lipinski definition) is 1. The van der Waals surface area contributed by atoms with E-state index in [0.717, 1.165) is 11.1 Å². The molecule has 2 aromatic rings. The molecule has 0 spiro atoms. The summed E-state index contributed by atoms with van der Waals surface area (Å²) >= 11 is 6.04. The van der Waals surface area contributed by atoms with Crippen LogP contribution in [0.15, 0.2) is 54.6 Å². The van der Waals surface area contributed by atoms with E-state index in [-0.39, 0.29) is 6.61 Å². The molecule has 0 bridgehead atoms. The lowest BCUT2D eigenvalue weighted by Crippen LogP contribution is -2.24. The van der Waals surface area contributed by atoms with Crippen molar-refractivity contribution < 1.29 is 14.3 Å². The van der Waals surface area contributed by atoms with Gasteiger partial charge in [-0.15, -0.1) is 0 Å². The fourth-order valence-corrected chi connectivity index (χ4v) is 2.16. The summed E-state index contributed by atoms with van der Waals surface area (Å²) in [5.41, 5.74) is 1.88. The molecule has 0 radical (unpaired) electrons. The second-order valence-corrected chi connectivity index (χ2v) is 5.15. The third-order valence-corrected chi connectivity index (χ3v) is 3.36. The Morgan fingerprint density at radius 2 is 2.00 bits per heavy atom. The van der Waals surface area contributed by atoms with Gasteiger partial charge in [0.1, 0.15) is 12.4 Å².